The monoisotopic (exact) mass is 290 g/mol. The summed E-state index contributed by atoms with van der Waals surface area (Å²) in [4.78, 5) is 11.5. The summed E-state index contributed by atoms with van der Waals surface area (Å²) in [6.45, 7) is 3.78. The lowest BCUT2D eigenvalue weighted by Gasteiger charge is -2.10. The largest absolute Gasteiger partial charge is 0.494 e. The summed E-state index contributed by atoms with van der Waals surface area (Å²) in [5.74, 6) is -0.320. The van der Waals surface area contributed by atoms with Crippen LogP contribution in [0.3, 0.4) is 0 Å². The Morgan fingerprint density at radius 3 is 2.43 bits per heavy atom. The Labute approximate surface area is 122 Å². The molecule has 6 nitrogen and oxygen atoms in total. The maximum Gasteiger partial charge on any atom is 0.343 e. The normalized spacial score (nSPS) is 10.7. The van der Waals surface area contributed by atoms with Crippen molar-refractivity contribution in [2.24, 2.45) is 0 Å². The van der Waals surface area contributed by atoms with Gasteiger partial charge in [0.2, 0.25) is 5.88 Å². The topological polar surface area (TPSA) is 73.6 Å². The van der Waals surface area contributed by atoms with Crippen molar-refractivity contribution in [3.05, 3.63) is 35.5 Å². The number of benzene rings is 1. The minimum atomic E-state index is -1.06. The summed E-state index contributed by atoms with van der Waals surface area (Å²) in [7, 11) is 2.98. The molecule has 1 heterocycles. The number of ether oxygens (including phenoxy) is 2. The van der Waals surface area contributed by atoms with Crippen molar-refractivity contribution < 1.29 is 19.4 Å². The molecule has 0 aliphatic rings. The van der Waals surface area contributed by atoms with Gasteiger partial charge in [0, 0.05) is 0 Å². The number of hydrogen-bond acceptors (Lipinski definition) is 4. The van der Waals surface area contributed by atoms with Gasteiger partial charge in [0.25, 0.3) is 0 Å². The Kier molecular flexibility index (Phi) is 4.16. The molecule has 1 N–H and O–H groups in total. The Hall–Kier alpha value is -2.50. The number of carbonyl (C=O) groups is 1. The molecule has 0 atom stereocenters. The molecule has 112 valence electrons. The van der Waals surface area contributed by atoms with Gasteiger partial charge in [-0.3, -0.25) is 0 Å². The molecule has 0 fully saturated rings. The van der Waals surface area contributed by atoms with Crippen LogP contribution in [0.2, 0.25) is 0 Å². The van der Waals surface area contributed by atoms with E-state index >= 15 is 0 Å². The lowest BCUT2D eigenvalue weighted by atomic mass is 10.1. The number of carboxylic acid groups (broad SMARTS) is 1. The van der Waals surface area contributed by atoms with E-state index < -0.39 is 5.97 Å². The number of para-hydroxylation sites is 2. The molecule has 0 radical (unpaired) electrons. The minimum absolute atomic E-state index is 0.0408. The van der Waals surface area contributed by atoms with Crippen molar-refractivity contribution in [3.63, 3.8) is 0 Å². The highest BCUT2D eigenvalue weighted by Gasteiger charge is 2.27. The van der Waals surface area contributed by atoms with Gasteiger partial charge in [-0.2, -0.15) is 9.78 Å². The first-order valence-electron chi connectivity index (χ1n) is 6.54. The van der Waals surface area contributed by atoms with Crippen molar-refractivity contribution in [2.75, 3.05) is 14.2 Å². The molecule has 1 aromatic heterocycles. The third kappa shape index (κ3) is 2.56. The first-order valence-corrected chi connectivity index (χ1v) is 6.54. The number of methoxy groups -OCH3 is 2. The third-order valence-electron chi connectivity index (χ3n) is 3.14. The lowest BCUT2D eigenvalue weighted by Crippen LogP contribution is -2.05. The van der Waals surface area contributed by atoms with Crippen LogP contribution in [0.5, 0.6) is 11.6 Å². The molecule has 0 aliphatic heterocycles. The van der Waals surface area contributed by atoms with Gasteiger partial charge in [0.1, 0.15) is 17.0 Å². The van der Waals surface area contributed by atoms with Gasteiger partial charge in [-0.25, -0.2) is 4.79 Å². The molecule has 21 heavy (non-hydrogen) atoms. The minimum Gasteiger partial charge on any atom is -0.494 e. The van der Waals surface area contributed by atoms with Gasteiger partial charge >= 0.3 is 5.97 Å². The Bertz CT molecular complexity index is 662. The van der Waals surface area contributed by atoms with Crippen LogP contribution in [0.15, 0.2) is 24.3 Å². The van der Waals surface area contributed by atoms with E-state index in [0.717, 1.165) is 0 Å². The SMILES string of the molecule is COc1ccccc1-n1nc(C(C)C)c(C(=O)O)c1OC. The number of nitrogens with zero attached hydrogens (tertiary/aromatic N) is 2. The van der Waals surface area contributed by atoms with Gasteiger partial charge in [0.15, 0.2) is 0 Å². The highest BCUT2D eigenvalue weighted by Crippen LogP contribution is 2.33. The fraction of sp³-hybridized carbons (Fsp3) is 0.333. The summed E-state index contributed by atoms with van der Waals surface area (Å²) < 4.78 is 12.1. The predicted molar refractivity (Wildman–Crippen MR) is 77.7 cm³/mol. The predicted octanol–water partition coefficient (Wildman–Crippen LogP) is 2.71. The van der Waals surface area contributed by atoms with Gasteiger partial charge < -0.3 is 14.6 Å². The quantitative estimate of drug-likeness (QED) is 0.916. The van der Waals surface area contributed by atoms with Crippen LogP contribution in [0, 0.1) is 0 Å². The van der Waals surface area contributed by atoms with E-state index in [-0.39, 0.29) is 17.4 Å². The van der Waals surface area contributed by atoms with E-state index in [1.54, 1.807) is 19.2 Å². The van der Waals surface area contributed by atoms with Crippen molar-refractivity contribution in [1.29, 1.82) is 0 Å². The maximum absolute atomic E-state index is 11.5. The zero-order chi connectivity index (χ0) is 15.6. The lowest BCUT2D eigenvalue weighted by molar-refractivity contribution is 0.0691. The van der Waals surface area contributed by atoms with Gasteiger partial charge in [-0.1, -0.05) is 26.0 Å². The molecule has 0 aliphatic carbocycles. The molecule has 0 amide bonds. The van der Waals surface area contributed by atoms with E-state index in [1.165, 1.54) is 11.8 Å². The summed E-state index contributed by atoms with van der Waals surface area (Å²) >= 11 is 0. The average Bonchev–Trinajstić information content (AvgIpc) is 2.86. The number of rotatable bonds is 5. The van der Waals surface area contributed by atoms with Crippen LogP contribution in [-0.4, -0.2) is 35.1 Å². The van der Waals surface area contributed by atoms with Gasteiger partial charge in [-0.15, -0.1) is 0 Å². The highest BCUT2D eigenvalue weighted by atomic mass is 16.5. The van der Waals surface area contributed by atoms with Crippen LogP contribution in [-0.2, 0) is 0 Å². The van der Waals surface area contributed by atoms with Crippen molar-refractivity contribution in [1.82, 2.24) is 9.78 Å². The standard InChI is InChI=1S/C15H18N2O4/c1-9(2)13-12(15(18)19)14(21-4)17(16-13)10-7-5-6-8-11(10)20-3/h5-9H,1-4H3,(H,18,19). The van der Waals surface area contributed by atoms with Crippen LogP contribution in [0.4, 0.5) is 0 Å². The van der Waals surface area contributed by atoms with Crippen LogP contribution in [0.25, 0.3) is 5.69 Å². The fourth-order valence-electron chi connectivity index (χ4n) is 2.18. The Balaban J connectivity index is 2.75. The number of hydrogen-bond donors (Lipinski definition) is 1. The number of aromatic carboxylic acids is 1. The molecule has 2 rings (SSSR count). The van der Waals surface area contributed by atoms with E-state index in [4.69, 9.17) is 9.47 Å². The van der Waals surface area contributed by atoms with E-state index in [0.29, 0.717) is 17.1 Å². The van der Waals surface area contributed by atoms with Crippen molar-refractivity contribution in [3.8, 4) is 17.3 Å². The molecule has 0 bridgehead atoms. The second kappa shape index (κ2) is 5.87. The zero-order valence-electron chi connectivity index (χ0n) is 12.5. The molecule has 2 aromatic rings. The Morgan fingerprint density at radius 2 is 1.90 bits per heavy atom. The summed E-state index contributed by atoms with van der Waals surface area (Å²) in [5.41, 5.74) is 1.19. The maximum atomic E-state index is 11.5. The van der Waals surface area contributed by atoms with E-state index in [1.807, 2.05) is 26.0 Å². The Morgan fingerprint density at radius 1 is 1.24 bits per heavy atom. The first-order chi connectivity index (χ1) is 10.0. The van der Waals surface area contributed by atoms with Crippen LogP contribution >= 0.6 is 0 Å². The summed E-state index contributed by atoms with van der Waals surface area (Å²) in [6.07, 6.45) is 0. The molecule has 0 unspecified atom stereocenters. The zero-order valence-corrected chi connectivity index (χ0v) is 12.5. The summed E-state index contributed by atoms with van der Waals surface area (Å²) in [6, 6.07) is 7.24. The van der Waals surface area contributed by atoms with Gasteiger partial charge in [-0.05, 0) is 18.1 Å². The molecule has 0 saturated carbocycles. The molecular weight excluding hydrogens is 272 g/mol. The first kappa shape index (κ1) is 14.9. The second-order valence-electron chi connectivity index (χ2n) is 4.81. The second-order valence-corrected chi connectivity index (χ2v) is 4.81. The third-order valence-corrected chi connectivity index (χ3v) is 3.14. The summed E-state index contributed by atoms with van der Waals surface area (Å²) in [5, 5.41) is 13.9. The highest BCUT2D eigenvalue weighted by molar-refractivity contribution is 5.92. The molecular formula is C15H18N2O4. The van der Waals surface area contributed by atoms with E-state index in [2.05, 4.69) is 5.10 Å². The average molecular weight is 290 g/mol. The fourth-order valence-corrected chi connectivity index (χ4v) is 2.18. The number of carboxylic acids is 1. The molecule has 0 saturated heterocycles. The molecule has 0 spiro atoms. The molecule has 1 aromatic carbocycles. The smallest absolute Gasteiger partial charge is 0.343 e. The van der Waals surface area contributed by atoms with E-state index in [9.17, 15) is 9.90 Å². The number of aromatic nitrogens is 2. The van der Waals surface area contributed by atoms with Gasteiger partial charge in [0.05, 0.1) is 19.9 Å². The van der Waals surface area contributed by atoms with Crippen molar-refractivity contribution >= 4 is 5.97 Å². The van der Waals surface area contributed by atoms with Crippen LogP contribution < -0.4 is 9.47 Å². The van der Waals surface area contributed by atoms with Crippen LogP contribution in [0.1, 0.15) is 35.8 Å². The van der Waals surface area contributed by atoms with Crippen molar-refractivity contribution in [2.45, 2.75) is 19.8 Å². The molecule has 6 heteroatoms.